The summed E-state index contributed by atoms with van der Waals surface area (Å²) in [4.78, 5) is 19.5. The second-order valence-corrected chi connectivity index (χ2v) is 7.58. The first-order valence-corrected chi connectivity index (χ1v) is 9.17. The van der Waals surface area contributed by atoms with Crippen molar-refractivity contribution < 1.29 is 9.21 Å². The van der Waals surface area contributed by atoms with Gasteiger partial charge in [0.2, 0.25) is 0 Å². The summed E-state index contributed by atoms with van der Waals surface area (Å²) in [6, 6.07) is 9.98. The molecule has 3 aromatic rings. The molecule has 0 saturated carbocycles. The van der Waals surface area contributed by atoms with Gasteiger partial charge in [0.05, 0.1) is 16.3 Å². The molecule has 0 aliphatic carbocycles. The lowest BCUT2D eigenvalue weighted by Crippen LogP contribution is -2.30. The van der Waals surface area contributed by atoms with Crippen LogP contribution in [-0.2, 0) is 0 Å². The molecule has 23 heavy (non-hydrogen) atoms. The number of likely N-dealkylation sites (tertiary alicyclic amines) is 1. The van der Waals surface area contributed by atoms with Gasteiger partial charge in [-0.05, 0) is 53.9 Å². The van der Waals surface area contributed by atoms with E-state index in [1.165, 1.54) is 4.70 Å². The standard InChI is InChI=1S/C17H15BrN2O2S/c1-10-9-14(18)22-15(10)17(21)20-8-4-6-12(20)16-19-11-5-2-3-7-13(11)23-16/h2-3,5,7,9,12H,4,6,8H2,1H3/t12-/m1/s1. The van der Waals surface area contributed by atoms with E-state index in [0.717, 1.165) is 35.5 Å². The number of para-hydroxylation sites is 1. The van der Waals surface area contributed by atoms with E-state index in [0.29, 0.717) is 10.4 Å². The third-order valence-corrected chi connectivity index (χ3v) is 5.72. The molecular formula is C17H15BrN2O2S. The molecule has 1 aliphatic heterocycles. The predicted octanol–water partition coefficient (Wildman–Crippen LogP) is 4.94. The van der Waals surface area contributed by atoms with E-state index in [2.05, 4.69) is 22.0 Å². The van der Waals surface area contributed by atoms with Crippen LogP contribution < -0.4 is 0 Å². The van der Waals surface area contributed by atoms with Crippen LogP contribution in [0.3, 0.4) is 0 Å². The number of hydrogen-bond donors (Lipinski definition) is 0. The smallest absolute Gasteiger partial charge is 0.290 e. The number of aryl methyl sites for hydroxylation is 1. The first kappa shape index (κ1) is 14.9. The molecule has 6 heteroatoms. The molecule has 1 aliphatic rings. The van der Waals surface area contributed by atoms with Gasteiger partial charge >= 0.3 is 0 Å². The summed E-state index contributed by atoms with van der Waals surface area (Å²) in [5, 5.41) is 1.01. The zero-order valence-electron chi connectivity index (χ0n) is 12.6. The molecule has 4 rings (SSSR count). The molecule has 0 radical (unpaired) electrons. The van der Waals surface area contributed by atoms with Crippen molar-refractivity contribution >= 4 is 43.4 Å². The molecule has 0 spiro atoms. The van der Waals surface area contributed by atoms with Gasteiger partial charge in [-0.1, -0.05) is 12.1 Å². The van der Waals surface area contributed by atoms with E-state index in [1.807, 2.05) is 36.1 Å². The summed E-state index contributed by atoms with van der Waals surface area (Å²) >= 11 is 4.97. The van der Waals surface area contributed by atoms with Crippen molar-refractivity contribution in [2.24, 2.45) is 0 Å². The van der Waals surface area contributed by atoms with Crippen LogP contribution in [0.2, 0.25) is 0 Å². The summed E-state index contributed by atoms with van der Waals surface area (Å²) in [6.45, 7) is 2.64. The lowest BCUT2D eigenvalue weighted by molar-refractivity contribution is 0.0700. The average Bonchev–Trinajstić information content (AvgIpc) is 3.23. The van der Waals surface area contributed by atoms with Crippen molar-refractivity contribution in [1.29, 1.82) is 0 Å². The number of hydrogen-bond acceptors (Lipinski definition) is 4. The van der Waals surface area contributed by atoms with Gasteiger partial charge in [0, 0.05) is 12.1 Å². The predicted molar refractivity (Wildman–Crippen MR) is 93.8 cm³/mol. The fraction of sp³-hybridized carbons (Fsp3) is 0.294. The number of thiazole rings is 1. The van der Waals surface area contributed by atoms with Gasteiger partial charge in [0.15, 0.2) is 10.4 Å². The Labute approximate surface area is 146 Å². The van der Waals surface area contributed by atoms with Crippen molar-refractivity contribution in [3.8, 4) is 0 Å². The lowest BCUT2D eigenvalue weighted by Gasteiger charge is -2.22. The number of furan rings is 1. The van der Waals surface area contributed by atoms with Gasteiger partial charge in [-0.15, -0.1) is 11.3 Å². The quantitative estimate of drug-likeness (QED) is 0.622. The average molecular weight is 391 g/mol. The van der Waals surface area contributed by atoms with Crippen LogP contribution in [0.15, 0.2) is 39.4 Å². The van der Waals surface area contributed by atoms with Gasteiger partial charge in [-0.2, -0.15) is 0 Å². The summed E-state index contributed by atoms with van der Waals surface area (Å²) in [7, 11) is 0. The van der Waals surface area contributed by atoms with Crippen LogP contribution in [0.5, 0.6) is 0 Å². The van der Waals surface area contributed by atoms with Crippen LogP contribution in [0.1, 0.15) is 40.0 Å². The molecule has 1 aromatic carbocycles. The zero-order valence-corrected chi connectivity index (χ0v) is 15.0. The van der Waals surface area contributed by atoms with Gasteiger partial charge in [-0.25, -0.2) is 4.98 Å². The molecule has 0 bridgehead atoms. The number of benzene rings is 1. The van der Waals surface area contributed by atoms with Crippen LogP contribution in [0, 0.1) is 6.92 Å². The molecule has 1 fully saturated rings. The number of aromatic nitrogens is 1. The highest BCUT2D eigenvalue weighted by Crippen LogP contribution is 2.37. The maximum Gasteiger partial charge on any atom is 0.290 e. The first-order valence-electron chi connectivity index (χ1n) is 7.56. The Morgan fingerprint density at radius 3 is 3.00 bits per heavy atom. The van der Waals surface area contributed by atoms with E-state index in [-0.39, 0.29) is 11.9 Å². The molecule has 3 heterocycles. The highest BCUT2D eigenvalue weighted by Gasteiger charge is 2.34. The molecule has 118 valence electrons. The summed E-state index contributed by atoms with van der Waals surface area (Å²) in [5.74, 6) is 0.375. The van der Waals surface area contributed by atoms with Crippen molar-refractivity contribution in [1.82, 2.24) is 9.88 Å². The molecule has 4 nitrogen and oxygen atoms in total. The van der Waals surface area contributed by atoms with Crippen molar-refractivity contribution in [2.75, 3.05) is 6.54 Å². The number of nitrogens with zero attached hydrogens (tertiary/aromatic N) is 2. The topological polar surface area (TPSA) is 46.3 Å². The molecule has 0 unspecified atom stereocenters. The second-order valence-electron chi connectivity index (χ2n) is 5.74. The molecule has 1 atom stereocenters. The van der Waals surface area contributed by atoms with E-state index in [4.69, 9.17) is 9.40 Å². The molecule has 2 aromatic heterocycles. The monoisotopic (exact) mass is 390 g/mol. The SMILES string of the molecule is Cc1cc(Br)oc1C(=O)N1CCC[C@@H]1c1nc2ccccc2s1. The minimum absolute atomic E-state index is 0.0446. The van der Waals surface area contributed by atoms with E-state index in [9.17, 15) is 4.79 Å². The van der Waals surface area contributed by atoms with Gasteiger partial charge < -0.3 is 9.32 Å². The maximum atomic E-state index is 12.9. The van der Waals surface area contributed by atoms with Crippen LogP contribution in [-0.4, -0.2) is 22.3 Å². The Morgan fingerprint density at radius 1 is 1.43 bits per heavy atom. The van der Waals surface area contributed by atoms with Gasteiger partial charge in [0.25, 0.3) is 5.91 Å². The van der Waals surface area contributed by atoms with E-state index >= 15 is 0 Å². The van der Waals surface area contributed by atoms with Crippen molar-refractivity contribution in [2.45, 2.75) is 25.8 Å². The second kappa shape index (κ2) is 5.76. The van der Waals surface area contributed by atoms with Gasteiger partial charge in [-0.3, -0.25) is 4.79 Å². The Morgan fingerprint density at radius 2 is 2.26 bits per heavy atom. The largest absolute Gasteiger partial charge is 0.444 e. The fourth-order valence-electron chi connectivity index (χ4n) is 3.09. The first-order chi connectivity index (χ1) is 11.1. The zero-order chi connectivity index (χ0) is 16.0. The van der Waals surface area contributed by atoms with Gasteiger partial charge in [0.1, 0.15) is 5.01 Å². The number of fused-ring (bicyclic) bond motifs is 1. The van der Waals surface area contributed by atoms with Crippen molar-refractivity contribution in [3.05, 3.63) is 51.3 Å². The minimum atomic E-state index is -0.0463. The van der Waals surface area contributed by atoms with Crippen molar-refractivity contribution in [3.63, 3.8) is 0 Å². The third-order valence-electron chi connectivity index (χ3n) is 4.19. The Bertz CT molecular complexity index is 853. The number of amides is 1. The number of carbonyl (C=O) groups excluding carboxylic acids is 1. The Balaban J connectivity index is 1.68. The highest BCUT2D eigenvalue weighted by molar-refractivity contribution is 9.10. The number of rotatable bonds is 2. The summed E-state index contributed by atoms with van der Waals surface area (Å²) in [5.41, 5.74) is 1.86. The van der Waals surface area contributed by atoms with Crippen LogP contribution >= 0.6 is 27.3 Å². The van der Waals surface area contributed by atoms with E-state index in [1.54, 1.807) is 11.3 Å². The Hall–Kier alpha value is -1.66. The number of halogens is 1. The Kier molecular flexibility index (Phi) is 3.73. The van der Waals surface area contributed by atoms with Crippen LogP contribution in [0.4, 0.5) is 0 Å². The number of carbonyl (C=O) groups is 1. The van der Waals surface area contributed by atoms with E-state index < -0.39 is 0 Å². The molecule has 0 N–H and O–H groups in total. The third kappa shape index (κ3) is 2.60. The maximum absolute atomic E-state index is 12.9. The molecule has 1 amide bonds. The van der Waals surface area contributed by atoms with Crippen LogP contribution in [0.25, 0.3) is 10.2 Å². The summed E-state index contributed by atoms with van der Waals surface area (Å²) in [6.07, 6.45) is 1.94. The summed E-state index contributed by atoms with van der Waals surface area (Å²) < 4.78 is 7.30. The minimum Gasteiger partial charge on any atom is -0.444 e. The lowest BCUT2D eigenvalue weighted by atomic mass is 10.2. The highest BCUT2D eigenvalue weighted by atomic mass is 79.9. The molecule has 1 saturated heterocycles. The molecular weight excluding hydrogens is 376 g/mol. The normalized spacial score (nSPS) is 18.0. The fourth-order valence-corrected chi connectivity index (χ4v) is 4.71.